The zero-order valence-electron chi connectivity index (χ0n) is 16.5. The highest BCUT2D eigenvalue weighted by atomic mass is 32.2. The number of pyridine rings is 1. The predicted molar refractivity (Wildman–Crippen MR) is 107 cm³/mol. The van der Waals surface area contributed by atoms with Gasteiger partial charge in [0.2, 0.25) is 32.8 Å². The fraction of sp³-hybridized carbons (Fsp3) is 0.333. The fourth-order valence-electron chi connectivity index (χ4n) is 2.14. The normalized spacial score (nSPS) is 11.5. The monoisotopic (exact) mass is 460 g/mol. The molecule has 15 heteroatoms. The fourth-order valence-corrected chi connectivity index (χ4v) is 4.10. The molecule has 0 saturated heterocycles. The second kappa shape index (κ2) is 9.08. The molecule has 164 valence electrons. The van der Waals surface area contributed by atoms with Crippen LogP contribution in [0.15, 0.2) is 29.4 Å². The number of nitrogens with zero attached hydrogens (tertiary/aromatic N) is 4. The van der Waals surface area contributed by atoms with Gasteiger partial charge in [-0.25, -0.2) is 22.9 Å². The van der Waals surface area contributed by atoms with Crippen molar-refractivity contribution in [3.05, 3.63) is 24.4 Å². The van der Waals surface area contributed by atoms with Gasteiger partial charge in [-0.2, -0.15) is 18.4 Å². The topological polar surface area (TPSA) is 170 Å². The second-order valence-corrected chi connectivity index (χ2v) is 9.42. The molecule has 2 aromatic heterocycles. The van der Waals surface area contributed by atoms with E-state index in [0.717, 1.165) is 10.5 Å². The zero-order chi connectivity index (χ0) is 22.5. The number of methoxy groups -OCH3 is 2. The summed E-state index contributed by atoms with van der Waals surface area (Å²) in [6.07, 6.45) is 1.15. The predicted octanol–water partition coefficient (Wildman–Crippen LogP) is 0.185. The quantitative estimate of drug-likeness (QED) is 0.554. The van der Waals surface area contributed by atoms with Gasteiger partial charge in [-0.05, 0) is 19.1 Å². The summed E-state index contributed by atoms with van der Waals surface area (Å²) in [5.41, 5.74) is -0.223. The van der Waals surface area contributed by atoms with Crippen molar-refractivity contribution >= 4 is 37.7 Å². The van der Waals surface area contributed by atoms with Gasteiger partial charge in [0.1, 0.15) is 0 Å². The maximum Gasteiger partial charge on any atom is 0.335 e. The van der Waals surface area contributed by atoms with Crippen LogP contribution in [0.2, 0.25) is 0 Å². The Morgan fingerprint density at radius 3 is 2.27 bits per heavy atom. The maximum absolute atomic E-state index is 12.7. The van der Waals surface area contributed by atoms with Crippen LogP contribution in [0.5, 0.6) is 11.8 Å². The summed E-state index contributed by atoms with van der Waals surface area (Å²) in [7, 11) is -4.47. The number of rotatable bonds is 8. The van der Waals surface area contributed by atoms with Gasteiger partial charge in [-0.1, -0.05) is 0 Å². The lowest BCUT2D eigenvalue weighted by Crippen LogP contribution is -2.37. The van der Waals surface area contributed by atoms with Crippen molar-refractivity contribution in [3.63, 3.8) is 0 Å². The van der Waals surface area contributed by atoms with Gasteiger partial charge in [0.15, 0.2) is 0 Å². The molecule has 0 aliphatic carbocycles. The Labute approximate surface area is 173 Å². The Hall–Kier alpha value is -3.20. The van der Waals surface area contributed by atoms with Gasteiger partial charge in [0.25, 0.3) is 10.0 Å². The number of urea groups is 1. The number of sulfonamides is 2. The van der Waals surface area contributed by atoms with Crippen LogP contribution in [-0.2, 0) is 20.0 Å². The van der Waals surface area contributed by atoms with E-state index in [1.165, 1.54) is 46.4 Å². The molecule has 30 heavy (non-hydrogen) atoms. The van der Waals surface area contributed by atoms with Crippen molar-refractivity contribution < 1.29 is 31.1 Å². The summed E-state index contributed by atoms with van der Waals surface area (Å²) in [6.45, 7) is 1.41. The molecular weight excluding hydrogens is 440 g/mol. The van der Waals surface area contributed by atoms with Crippen molar-refractivity contribution in [2.24, 2.45) is 0 Å². The first kappa shape index (κ1) is 23.1. The zero-order valence-corrected chi connectivity index (χ0v) is 18.1. The largest absolute Gasteiger partial charge is 0.481 e. The summed E-state index contributed by atoms with van der Waals surface area (Å²) < 4.78 is 62.0. The smallest absolute Gasteiger partial charge is 0.335 e. The van der Waals surface area contributed by atoms with Crippen LogP contribution in [0.3, 0.4) is 0 Å². The summed E-state index contributed by atoms with van der Waals surface area (Å²) in [5, 5.41) is 1.49. The standard InChI is InChI=1S/C15H20N6O7S2/c1-5-29(23,24)21(2)10-7-6-8-16-13(10)30(25,26)20-15(22)19-14-17-11(27-3)9-12(18-14)28-4/h6-9H,5H2,1-4H3,(H2,17,18,19,20,22). The third-order valence-electron chi connectivity index (χ3n) is 3.68. The molecule has 2 amide bonds. The van der Waals surface area contributed by atoms with E-state index >= 15 is 0 Å². The first-order valence-electron chi connectivity index (χ1n) is 8.26. The highest BCUT2D eigenvalue weighted by Crippen LogP contribution is 2.24. The molecule has 2 aromatic rings. The number of aromatic nitrogens is 3. The lowest BCUT2D eigenvalue weighted by molar-refractivity contribution is 0.256. The average Bonchev–Trinajstić information content (AvgIpc) is 2.72. The summed E-state index contributed by atoms with van der Waals surface area (Å²) in [4.78, 5) is 23.6. The van der Waals surface area contributed by atoms with Gasteiger partial charge in [0, 0.05) is 13.2 Å². The molecule has 2 rings (SSSR count). The van der Waals surface area contributed by atoms with Crippen molar-refractivity contribution in [3.8, 4) is 11.8 Å². The van der Waals surface area contributed by atoms with Crippen molar-refractivity contribution in [2.75, 3.05) is 36.6 Å². The number of hydrogen-bond donors (Lipinski definition) is 2. The van der Waals surface area contributed by atoms with E-state index < -0.39 is 31.1 Å². The van der Waals surface area contributed by atoms with E-state index in [-0.39, 0.29) is 29.1 Å². The maximum atomic E-state index is 12.7. The average molecular weight is 460 g/mol. The third-order valence-corrected chi connectivity index (χ3v) is 6.72. The molecule has 2 heterocycles. The molecular formula is C15H20N6O7S2. The minimum absolute atomic E-state index is 0.0680. The van der Waals surface area contributed by atoms with Crippen molar-refractivity contribution in [1.82, 2.24) is 19.7 Å². The third kappa shape index (κ3) is 5.24. The minimum Gasteiger partial charge on any atom is -0.481 e. The molecule has 0 unspecified atom stereocenters. The van der Waals surface area contributed by atoms with Gasteiger partial charge in [-0.3, -0.25) is 9.62 Å². The number of carbonyl (C=O) groups excluding carboxylic acids is 1. The molecule has 0 atom stereocenters. The van der Waals surface area contributed by atoms with Crippen LogP contribution in [0.25, 0.3) is 0 Å². The van der Waals surface area contributed by atoms with E-state index in [1.54, 1.807) is 4.72 Å². The van der Waals surface area contributed by atoms with Crippen LogP contribution in [0.1, 0.15) is 6.92 Å². The number of anilines is 2. The molecule has 2 N–H and O–H groups in total. The molecule has 13 nitrogen and oxygen atoms in total. The Morgan fingerprint density at radius 2 is 1.73 bits per heavy atom. The molecule has 0 aromatic carbocycles. The number of hydrogen-bond acceptors (Lipinski definition) is 10. The lowest BCUT2D eigenvalue weighted by atomic mass is 10.4. The van der Waals surface area contributed by atoms with Gasteiger partial charge in [-0.15, -0.1) is 0 Å². The van der Waals surface area contributed by atoms with E-state index in [4.69, 9.17) is 9.47 Å². The highest BCUT2D eigenvalue weighted by molar-refractivity contribution is 7.93. The van der Waals surface area contributed by atoms with Gasteiger partial charge < -0.3 is 9.47 Å². The number of nitrogens with one attached hydrogen (secondary N) is 2. The summed E-state index contributed by atoms with van der Waals surface area (Å²) >= 11 is 0. The van der Waals surface area contributed by atoms with Crippen molar-refractivity contribution in [1.29, 1.82) is 0 Å². The van der Waals surface area contributed by atoms with E-state index in [1.807, 2.05) is 0 Å². The number of ether oxygens (including phenoxy) is 2. The Kier molecular flexibility index (Phi) is 6.99. The molecule has 0 saturated carbocycles. The van der Waals surface area contributed by atoms with Gasteiger partial charge in [0.05, 0.1) is 31.7 Å². The Morgan fingerprint density at radius 1 is 1.13 bits per heavy atom. The highest BCUT2D eigenvalue weighted by Gasteiger charge is 2.28. The first-order valence-corrected chi connectivity index (χ1v) is 11.4. The number of carbonyl (C=O) groups is 1. The first-order chi connectivity index (χ1) is 14.0. The minimum atomic E-state index is -4.55. The van der Waals surface area contributed by atoms with Crippen LogP contribution in [-0.4, -0.2) is 64.8 Å². The lowest BCUT2D eigenvalue weighted by Gasteiger charge is -2.20. The van der Waals surface area contributed by atoms with Crippen LogP contribution >= 0.6 is 0 Å². The molecule has 0 aliphatic heterocycles. The van der Waals surface area contributed by atoms with Crippen LogP contribution < -0.4 is 23.8 Å². The number of amides is 2. The Balaban J connectivity index is 2.31. The molecule has 0 spiro atoms. The molecule has 0 bridgehead atoms. The summed E-state index contributed by atoms with van der Waals surface area (Å²) in [6, 6.07) is 2.77. The van der Waals surface area contributed by atoms with E-state index in [2.05, 4.69) is 20.3 Å². The Bertz CT molecular complexity index is 1120. The van der Waals surface area contributed by atoms with E-state index in [0.29, 0.717) is 0 Å². The SMILES string of the molecule is CCS(=O)(=O)N(C)c1cccnc1S(=O)(=O)NC(=O)Nc1nc(OC)cc(OC)n1. The van der Waals surface area contributed by atoms with Crippen LogP contribution in [0.4, 0.5) is 16.4 Å². The molecule has 0 fully saturated rings. The van der Waals surface area contributed by atoms with Crippen molar-refractivity contribution in [2.45, 2.75) is 11.9 Å². The molecule has 0 aliphatic rings. The second-order valence-electron chi connectivity index (χ2n) is 5.53. The van der Waals surface area contributed by atoms with E-state index in [9.17, 15) is 21.6 Å². The molecule has 0 radical (unpaired) electrons. The van der Waals surface area contributed by atoms with Crippen LogP contribution in [0, 0.1) is 0 Å². The van der Waals surface area contributed by atoms with Gasteiger partial charge >= 0.3 is 6.03 Å². The summed E-state index contributed by atoms with van der Waals surface area (Å²) in [5.74, 6) is -0.413.